The lowest BCUT2D eigenvalue weighted by atomic mass is 10.0. The minimum Gasteiger partial charge on any atom is -0.338 e. The fraction of sp³-hybridized carbons (Fsp3) is 0.111. The Labute approximate surface area is 181 Å². The maximum atomic E-state index is 13.5. The van der Waals surface area contributed by atoms with Gasteiger partial charge in [-0.25, -0.2) is 4.39 Å². The molecular weight excluding hydrogens is 389 g/mol. The lowest BCUT2D eigenvalue weighted by Gasteiger charge is -2.13. The number of halogens is 1. The van der Waals surface area contributed by atoms with Gasteiger partial charge in [0.15, 0.2) is 0 Å². The third-order valence-corrected chi connectivity index (χ3v) is 4.84. The highest BCUT2D eigenvalue weighted by Gasteiger charge is 2.18. The number of aromatic nitrogens is 1. The molecular formula is C27H24FNO2. The van der Waals surface area contributed by atoms with Crippen LogP contribution in [0, 0.1) is 5.82 Å². The number of nitrogens with zero attached hydrogens (tertiary/aromatic N) is 1. The van der Waals surface area contributed by atoms with Crippen LogP contribution < -0.4 is 0 Å². The molecule has 3 aromatic rings. The van der Waals surface area contributed by atoms with Gasteiger partial charge in [0.25, 0.3) is 0 Å². The molecule has 0 aliphatic heterocycles. The first kappa shape index (κ1) is 21.9. The van der Waals surface area contributed by atoms with E-state index in [-0.39, 0.29) is 11.9 Å². The molecule has 1 heterocycles. The fourth-order valence-electron chi connectivity index (χ4n) is 3.53. The summed E-state index contributed by atoms with van der Waals surface area (Å²) < 4.78 is 15.7. The van der Waals surface area contributed by atoms with Crippen LogP contribution in [0.4, 0.5) is 4.39 Å². The van der Waals surface area contributed by atoms with Crippen molar-refractivity contribution in [1.82, 2.24) is 4.57 Å². The largest absolute Gasteiger partial charge is 0.338 e. The summed E-state index contributed by atoms with van der Waals surface area (Å²) in [6.45, 7) is 7.68. The standard InChI is InChI=1S/C27H24FNO2/c1-4-5-13-25(30)26(31)14-9-8-12-24-27(20-15-17-21(28)18-16-20)22-10-6-7-11-23(22)29(24)19(2)3/h4-19H,1H2,2-3H3. The van der Waals surface area contributed by atoms with Gasteiger partial charge in [-0.1, -0.05) is 61.2 Å². The molecule has 0 saturated heterocycles. The zero-order chi connectivity index (χ0) is 22.4. The van der Waals surface area contributed by atoms with E-state index < -0.39 is 11.6 Å². The molecule has 0 amide bonds. The zero-order valence-corrected chi connectivity index (χ0v) is 17.6. The maximum Gasteiger partial charge on any atom is 0.225 e. The molecule has 31 heavy (non-hydrogen) atoms. The minimum atomic E-state index is -0.606. The van der Waals surface area contributed by atoms with E-state index in [4.69, 9.17) is 0 Å². The number of carbonyl (C=O) groups is 2. The molecule has 0 spiro atoms. The van der Waals surface area contributed by atoms with Gasteiger partial charge in [-0.05, 0) is 55.8 Å². The van der Waals surface area contributed by atoms with Gasteiger partial charge >= 0.3 is 0 Å². The number of ketones is 2. The molecule has 1 aromatic heterocycles. The van der Waals surface area contributed by atoms with Crippen LogP contribution in [-0.4, -0.2) is 16.1 Å². The van der Waals surface area contributed by atoms with Gasteiger partial charge < -0.3 is 4.57 Å². The zero-order valence-electron chi connectivity index (χ0n) is 17.6. The van der Waals surface area contributed by atoms with E-state index in [9.17, 15) is 14.0 Å². The van der Waals surface area contributed by atoms with E-state index >= 15 is 0 Å². The van der Waals surface area contributed by atoms with E-state index in [1.807, 2.05) is 24.3 Å². The third-order valence-electron chi connectivity index (χ3n) is 4.84. The summed E-state index contributed by atoms with van der Waals surface area (Å²) in [6, 6.07) is 14.7. The highest BCUT2D eigenvalue weighted by atomic mass is 19.1. The Morgan fingerprint density at radius 1 is 0.935 bits per heavy atom. The van der Waals surface area contributed by atoms with Crippen LogP contribution in [0.3, 0.4) is 0 Å². The second-order valence-corrected chi connectivity index (χ2v) is 7.29. The monoisotopic (exact) mass is 413 g/mol. The van der Waals surface area contributed by atoms with Crippen LogP contribution in [0.25, 0.3) is 28.1 Å². The van der Waals surface area contributed by atoms with E-state index in [2.05, 4.69) is 31.1 Å². The molecule has 0 N–H and O–H groups in total. The Morgan fingerprint density at radius 3 is 2.23 bits per heavy atom. The van der Waals surface area contributed by atoms with E-state index in [0.717, 1.165) is 27.7 Å². The number of hydrogen-bond acceptors (Lipinski definition) is 2. The Kier molecular flexibility index (Phi) is 6.93. The van der Waals surface area contributed by atoms with E-state index in [1.165, 1.54) is 36.4 Å². The molecule has 0 bridgehead atoms. The number of para-hydroxylation sites is 1. The second-order valence-electron chi connectivity index (χ2n) is 7.29. The van der Waals surface area contributed by atoms with Crippen LogP contribution in [0.1, 0.15) is 25.6 Å². The fourth-order valence-corrected chi connectivity index (χ4v) is 3.53. The van der Waals surface area contributed by atoms with Crippen LogP contribution in [0.5, 0.6) is 0 Å². The Hall–Kier alpha value is -3.79. The Morgan fingerprint density at radius 2 is 1.58 bits per heavy atom. The molecule has 0 saturated carbocycles. The molecule has 3 rings (SSSR count). The first-order valence-corrected chi connectivity index (χ1v) is 10.0. The summed E-state index contributed by atoms with van der Waals surface area (Å²) in [5.74, 6) is -1.50. The van der Waals surface area contributed by atoms with Crippen LogP contribution in [0.2, 0.25) is 0 Å². The van der Waals surface area contributed by atoms with Crippen molar-refractivity contribution in [3.05, 3.63) is 103 Å². The summed E-state index contributed by atoms with van der Waals surface area (Å²) in [5.41, 5.74) is 3.91. The van der Waals surface area contributed by atoms with Gasteiger partial charge in [0.2, 0.25) is 11.6 Å². The quantitative estimate of drug-likeness (QED) is 0.241. The van der Waals surface area contributed by atoms with Crippen molar-refractivity contribution in [2.24, 2.45) is 0 Å². The Bertz CT molecular complexity index is 1210. The van der Waals surface area contributed by atoms with Crippen molar-refractivity contribution >= 4 is 28.5 Å². The third kappa shape index (κ3) is 4.86. The van der Waals surface area contributed by atoms with Crippen molar-refractivity contribution < 1.29 is 14.0 Å². The first-order chi connectivity index (χ1) is 14.9. The summed E-state index contributed by atoms with van der Waals surface area (Å²) in [5, 5.41) is 1.06. The van der Waals surface area contributed by atoms with Crippen molar-refractivity contribution in [2.45, 2.75) is 19.9 Å². The molecule has 156 valence electrons. The number of carbonyl (C=O) groups excluding carboxylic acids is 2. The molecule has 0 radical (unpaired) electrons. The van der Waals surface area contributed by atoms with Crippen molar-refractivity contribution in [3.8, 4) is 11.1 Å². The summed E-state index contributed by atoms with van der Waals surface area (Å²) in [4.78, 5) is 23.6. The molecule has 4 heteroatoms. The summed E-state index contributed by atoms with van der Waals surface area (Å²) in [7, 11) is 0. The van der Waals surface area contributed by atoms with Gasteiger partial charge in [0.1, 0.15) is 5.82 Å². The van der Waals surface area contributed by atoms with Gasteiger partial charge in [0, 0.05) is 28.2 Å². The number of benzene rings is 2. The van der Waals surface area contributed by atoms with Gasteiger partial charge in [0.05, 0.1) is 0 Å². The molecule has 0 aliphatic carbocycles. The molecule has 0 fully saturated rings. The maximum absolute atomic E-state index is 13.5. The molecule has 0 atom stereocenters. The average molecular weight is 413 g/mol. The lowest BCUT2D eigenvalue weighted by Crippen LogP contribution is -2.06. The molecule has 3 nitrogen and oxygen atoms in total. The Balaban J connectivity index is 2.07. The van der Waals surface area contributed by atoms with Crippen LogP contribution >= 0.6 is 0 Å². The highest BCUT2D eigenvalue weighted by molar-refractivity contribution is 6.45. The van der Waals surface area contributed by atoms with Gasteiger partial charge in [-0.15, -0.1) is 0 Å². The first-order valence-electron chi connectivity index (χ1n) is 10.0. The molecule has 0 unspecified atom stereocenters. The summed E-state index contributed by atoms with van der Waals surface area (Å²) >= 11 is 0. The number of hydrogen-bond donors (Lipinski definition) is 0. The lowest BCUT2D eigenvalue weighted by molar-refractivity contribution is -0.130. The molecule has 0 aliphatic rings. The number of allylic oxidation sites excluding steroid dienone is 6. The van der Waals surface area contributed by atoms with Crippen LogP contribution in [-0.2, 0) is 9.59 Å². The van der Waals surface area contributed by atoms with Gasteiger partial charge in [-0.3, -0.25) is 9.59 Å². The number of rotatable bonds is 8. The predicted molar refractivity (Wildman–Crippen MR) is 125 cm³/mol. The minimum absolute atomic E-state index is 0.176. The van der Waals surface area contributed by atoms with Crippen LogP contribution in [0.15, 0.2) is 91.6 Å². The number of fused-ring (bicyclic) bond motifs is 1. The highest BCUT2D eigenvalue weighted by Crippen LogP contribution is 2.37. The average Bonchev–Trinajstić information content (AvgIpc) is 3.09. The van der Waals surface area contributed by atoms with Crippen molar-refractivity contribution in [2.75, 3.05) is 0 Å². The SMILES string of the molecule is C=CC=CC(=O)C(=O)C=CC=Cc1c(-c2ccc(F)cc2)c2ccccc2n1C(C)C. The van der Waals surface area contributed by atoms with Gasteiger partial charge in [-0.2, -0.15) is 0 Å². The molecule has 2 aromatic carbocycles. The summed E-state index contributed by atoms with van der Waals surface area (Å²) in [6.07, 6.45) is 10.5. The second kappa shape index (κ2) is 9.81. The topological polar surface area (TPSA) is 39.1 Å². The van der Waals surface area contributed by atoms with Crippen molar-refractivity contribution in [1.29, 1.82) is 0 Å². The smallest absolute Gasteiger partial charge is 0.225 e. The van der Waals surface area contributed by atoms with E-state index in [1.54, 1.807) is 24.3 Å². The van der Waals surface area contributed by atoms with E-state index in [0.29, 0.717) is 0 Å². The van der Waals surface area contributed by atoms with Crippen molar-refractivity contribution in [3.63, 3.8) is 0 Å². The normalized spacial score (nSPS) is 12.0. The predicted octanol–water partition coefficient (Wildman–Crippen LogP) is 6.48.